The molecule has 5 aromatic rings. The van der Waals surface area contributed by atoms with Crippen LogP contribution in [0.5, 0.6) is 5.75 Å². The molecule has 0 spiro atoms. The molecular weight excluding hydrogens is 498 g/mol. The van der Waals surface area contributed by atoms with Crippen LogP contribution in [0.4, 0.5) is 0 Å². The Balaban J connectivity index is 1.07. The van der Waals surface area contributed by atoms with Gasteiger partial charge in [0.25, 0.3) is 5.89 Å². The molecule has 1 aliphatic rings. The van der Waals surface area contributed by atoms with Crippen molar-refractivity contribution in [3.05, 3.63) is 113 Å². The molecule has 1 N–H and O–H groups in total. The lowest BCUT2D eigenvalue weighted by Crippen LogP contribution is -2.40. The molecule has 2 unspecified atom stereocenters. The molecule has 4 aromatic carbocycles. The molecule has 7 heteroatoms. The van der Waals surface area contributed by atoms with E-state index in [2.05, 4.69) is 70.1 Å². The zero-order chi connectivity index (χ0) is 25.7. The lowest BCUT2D eigenvalue weighted by atomic mass is 9.87. The number of fused-ring (bicyclic) bond motifs is 1. The van der Waals surface area contributed by atoms with Gasteiger partial charge in [-0.25, -0.2) is 0 Å². The van der Waals surface area contributed by atoms with Crippen molar-refractivity contribution in [2.24, 2.45) is 0 Å². The molecule has 0 amide bonds. The highest BCUT2D eigenvalue weighted by Crippen LogP contribution is 2.30. The van der Waals surface area contributed by atoms with Crippen LogP contribution >= 0.6 is 11.6 Å². The van der Waals surface area contributed by atoms with Crippen LogP contribution in [0.3, 0.4) is 0 Å². The van der Waals surface area contributed by atoms with E-state index in [0.717, 1.165) is 30.8 Å². The molecule has 0 radical (unpaired) electrons. The zero-order valence-electron chi connectivity index (χ0n) is 20.8. The first kappa shape index (κ1) is 24.6. The summed E-state index contributed by atoms with van der Waals surface area (Å²) in [6.45, 7) is 2.59. The van der Waals surface area contributed by atoms with Crippen molar-refractivity contribution in [3.63, 3.8) is 0 Å². The number of rotatable bonds is 8. The van der Waals surface area contributed by atoms with E-state index >= 15 is 0 Å². The van der Waals surface area contributed by atoms with Gasteiger partial charge in [-0.3, -0.25) is 0 Å². The molecule has 192 valence electrons. The first-order valence-corrected chi connectivity index (χ1v) is 13.2. The van der Waals surface area contributed by atoms with Gasteiger partial charge in [-0.1, -0.05) is 77.4 Å². The predicted molar refractivity (Wildman–Crippen MR) is 148 cm³/mol. The molecular formula is C31H28ClN3O3. The maximum absolute atomic E-state index is 6.44. The van der Waals surface area contributed by atoms with Gasteiger partial charge in [-0.05, 0) is 65.2 Å². The third-order valence-corrected chi connectivity index (χ3v) is 7.29. The quantitative estimate of drug-likeness (QED) is 0.241. The Bertz CT molecular complexity index is 1520. The minimum absolute atomic E-state index is 0.101. The third kappa shape index (κ3) is 5.58. The minimum atomic E-state index is 0.101. The Hall–Kier alpha value is -3.71. The normalized spacial score (nSPS) is 17.5. The van der Waals surface area contributed by atoms with E-state index in [1.54, 1.807) is 6.07 Å². The molecule has 1 fully saturated rings. The second-order valence-corrected chi connectivity index (χ2v) is 9.89. The molecule has 0 saturated carbocycles. The summed E-state index contributed by atoms with van der Waals surface area (Å²) >= 11 is 6.24. The number of hydrogen-bond acceptors (Lipinski definition) is 6. The molecule has 2 atom stereocenters. The fraction of sp³-hybridized carbons (Fsp3) is 0.226. The Morgan fingerprint density at radius 3 is 2.58 bits per heavy atom. The number of halogens is 1. The van der Waals surface area contributed by atoms with E-state index < -0.39 is 0 Å². The van der Waals surface area contributed by atoms with E-state index in [0.29, 0.717) is 29.3 Å². The summed E-state index contributed by atoms with van der Waals surface area (Å²) < 4.78 is 17.7. The Morgan fingerprint density at radius 2 is 1.71 bits per heavy atom. The van der Waals surface area contributed by atoms with Gasteiger partial charge in [0.05, 0.1) is 17.7 Å². The summed E-state index contributed by atoms with van der Waals surface area (Å²) in [6.07, 6.45) is 1.12. The van der Waals surface area contributed by atoms with E-state index in [9.17, 15) is 0 Å². The van der Waals surface area contributed by atoms with Crippen molar-refractivity contribution in [1.29, 1.82) is 0 Å². The molecule has 0 bridgehead atoms. The fourth-order valence-corrected chi connectivity index (χ4v) is 5.16. The van der Waals surface area contributed by atoms with Crippen molar-refractivity contribution in [1.82, 2.24) is 15.5 Å². The van der Waals surface area contributed by atoms with Gasteiger partial charge in [-0.15, -0.1) is 0 Å². The molecule has 1 aliphatic heterocycles. The SMILES string of the molecule is Clc1ccccc1-c1noc(COc2ccc(C3CCNCC3OCc3ccc4ccccc4c3)cc2)n1. The number of ether oxygens (including phenoxy) is 2. The van der Waals surface area contributed by atoms with Crippen LogP contribution in [0.1, 0.15) is 29.4 Å². The minimum Gasteiger partial charge on any atom is -0.484 e. The summed E-state index contributed by atoms with van der Waals surface area (Å²) in [5.41, 5.74) is 3.17. The molecule has 6 nitrogen and oxygen atoms in total. The standard InChI is InChI=1S/C31H28ClN3O3/c32-28-8-4-3-7-27(28)31-34-30(38-35-31)20-36-25-13-11-23(12-14-25)26-15-16-33-18-29(26)37-19-21-9-10-22-5-1-2-6-24(22)17-21/h1-14,17,26,29,33H,15-16,18-20H2. The number of aromatic nitrogens is 2. The van der Waals surface area contributed by atoms with Crippen LogP contribution in [0.2, 0.25) is 5.02 Å². The lowest BCUT2D eigenvalue weighted by Gasteiger charge is -2.32. The Morgan fingerprint density at radius 1 is 0.895 bits per heavy atom. The number of piperidine rings is 1. The van der Waals surface area contributed by atoms with Crippen LogP contribution in [0.25, 0.3) is 22.2 Å². The monoisotopic (exact) mass is 525 g/mol. The number of nitrogens with zero attached hydrogens (tertiary/aromatic N) is 2. The number of nitrogens with one attached hydrogen (secondary N) is 1. The van der Waals surface area contributed by atoms with E-state index in [1.807, 2.05) is 30.3 Å². The molecule has 6 rings (SSSR count). The smallest absolute Gasteiger partial charge is 0.264 e. The molecule has 1 aromatic heterocycles. The van der Waals surface area contributed by atoms with Gasteiger partial charge >= 0.3 is 0 Å². The van der Waals surface area contributed by atoms with Gasteiger partial charge in [0.15, 0.2) is 6.61 Å². The largest absolute Gasteiger partial charge is 0.484 e. The van der Waals surface area contributed by atoms with Crippen LogP contribution in [-0.2, 0) is 18.0 Å². The van der Waals surface area contributed by atoms with Crippen molar-refractivity contribution >= 4 is 22.4 Å². The number of hydrogen-bond donors (Lipinski definition) is 1. The van der Waals surface area contributed by atoms with Gasteiger partial charge in [0.2, 0.25) is 5.82 Å². The lowest BCUT2D eigenvalue weighted by molar-refractivity contribution is 0.0106. The van der Waals surface area contributed by atoms with Crippen molar-refractivity contribution < 1.29 is 14.0 Å². The molecule has 2 heterocycles. The highest BCUT2D eigenvalue weighted by atomic mass is 35.5. The topological polar surface area (TPSA) is 69.4 Å². The fourth-order valence-electron chi connectivity index (χ4n) is 4.94. The average Bonchev–Trinajstić information content (AvgIpc) is 3.44. The number of benzene rings is 4. The predicted octanol–water partition coefficient (Wildman–Crippen LogP) is 6.78. The Labute approximate surface area is 226 Å². The van der Waals surface area contributed by atoms with Crippen LogP contribution in [-0.4, -0.2) is 29.3 Å². The molecule has 1 saturated heterocycles. The van der Waals surface area contributed by atoms with Crippen molar-refractivity contribution in [2.45, 2.75) is 31.7 Å². The van der Waals surface area contributed by atoms with Crippen LogP contribution in [0.15, 0.2) is 95.5 Å². The third-order valence-electron chi connectivity index (χ3n) is 6.96. The highest BCUT2D eigenvalue weighted by Gasteiger charge is 2.27. The summed E-state index contributed by atoms with van der Waals surface area (Å²) in [5, 5.41) is 10.6. The zero-order valence-corrected chi connectivity index (χ0v) is 21.6. The second-order valence-electron chi connectivity index (χ2n) is 9.48. The van der Waals surface area contributed by atoms with Gasteiger partial charge in [0, 0.05) is 18.0 Å². The summed E-state index contributed by atoms with van der Waals surface area (Å²) in [7, 11) is 0. The highest BCUT2D eigenvalue weighted by molar-refractivity contribution is 6.33. The van der Waals surface area contributed by atoms with Gasteiger partial charge in [-0.2, -0.15) is 4.98 Å². The average molecular weight is 526 g/mol. The van der Waals surface area contributed by atoms with E-state index in [1.165, 1.54) is 21.9 Å². The van der Waals surface area contributed by atoms with Crippen LogP contribution < -0.4 is 10.1 Å². The van der Waals surface area contributed by atoms with Crippen molar-refractivity contribution in [3.8, 4) is 17.1 Å². The maximum atomic E-state index is 6.44. The summed E-state index contributed by atoms with van der Waals surface area (Å²) in [6, 6.07) is 30.6. The van der Waals surface area contributed by atoms with E-state index in [4.69, 9.17) is 25.6 Å². The molecule has 38 heavy (non-hydrogen) atoms. The first-order valence-electron chi connectivity index (χ1n) is 12.8. The van der Waals surface area contributed by atoms with Gasteiger partial charge in [0.1, 0.15) is 5.75 Å². The summed E-state index contributed by atoms with van der Waals surface area (Å²) in [5.74, 6) is 1.91. The van der Waals surface area contributed by atoms with Gasteiger partial charge < -0.3 is 19.3 Å². The second kappa shape index (κ2) is 11.4. The maximum Gasteiger partial charge on any atom is 0.264 e. The first-order chi connectivity index (χ1) is 18.7. The Kier molecular flexibility index (Phi) is 7.36. The summed E-state index contributed by atoms with van der Waals surface area (Å²) in [4.78, 5) is 4.41. The van der Waals surface area contributed by atoms with Crippen molar-refractivity contribution in [2.75, 3.05) is 13.1 Å². The molecule has 0 aliphatic carbocycles. The van der Waals surface area contributed by atoms with Crippen LogP contribution in [0, 0.1) is 0 Å². The van der Waals surface area contributed by atoms with E-state index in [-0.39, 0.29) is 12.7 Å².